The number of nitrogens with zero attached hydrogens (tertiary/aromatic N) is 1. The highest BCUT2D eigenvalue weighted by molar-refractivity contribution is 7.08. The molecule has 0 atom stereocenters. The molecule has 0 spiro atoms. The van der Waals surface area contributed by atoms with Gasteiger partial charge >= 0.3 is 0 Å². The van der Waals surface area contributed by atoms with Crippen molar-refractivity contribution >= 4 is 17.2 Å². The van der Waals surface area contributed by atoms with Crippen molar-refractivity contribution in [2.45, 2.75) is 31.5 Å². The van der Waals surface area contributed by atoms with Crippen LogP contribution in [0.1, 0.15) is 24.8 Å². The largest absolute Gasteiger partial charge is 0.332 e. The predicted octanol–water partition coefficient (Wildman–Crippen LogP) is 3.29. The van der Waals surface area contributed by atoms with Gasteiger partial charge in [0.1, 0.15) is 11.5 Å². The number of carbonyl (C=O) groups excluding carboxylic acids is 1. The van der Waals surface area contributed by atoms with Gasteiger partial charge in [0.25, 0.3) is 0 Å². The van der Waals surface area contributed by atoms with E-state index in [4.69, 9.17) is 0 Å². The molecule has 2 nitrogen and oxygen atoms in total. The number of rotatable bonds is 5. The summed E-state index contributed by atoms with van der Waals surface area (Å²) < 4.78 is 27.4. The van der Waals surface area contributed by atoms with E-state index in [9.17, 15) is 13.6 Å². The summed E-state index contributed by atoms with van der Waals surface area (Å²) in [5.41, 5.74) is -0.872. The van der Waals surface area contributed by atoms with Gasteiger partial charge in [0.2, 0.25) is 5.91 Å². The van der Waals surface area contributed by atoms with E-state index in [1.54, 1.807) is 5.38 Å². The monoisotopic (exact) mass is 271 g/mol. The van der Waals surface area contributed by atoms with Crippen LogP contribution in [0, 0.1) is 5.82 Å². The maximum atomic E-state index is 14.1. The average molecular weight is 271 g/mol. The van der Waals surface area contributed by atoms with E-state index in [1.807, 2.05) is 0 Å². The van der Waals surface area contributed by atoms with Gasteiger partial charge in [-0.05, 0) is 30.7 Å². The van der Waals surface area contributed by atoms with Gasteiger partial charge in [0, 0.05) is 17.5 Å². The van der Waals surface area contributed by atoms with E-state index in [1.165, 1.54) is 21.6 Å². The molecule has 1 saturated carbocycles. The number of hydrogen-bond acceptors (Lipinski definition) is 2. The van der Waals surface area contributed by atoms with E-state index < -0.39 is 5.67 Å². The molecular weight excluding hydrogens is 256 g/mol. The van der Waals surface area contributed by atoms with Crippen molar-refractivity contribution in [2.75, 3.05) is 6.54 Å². The van der Waals surface area contributed by atoms with Crippen LogP contribution in [0.3, 0.4) is 0 Å². The summed E-state index contributed by atoms with van der Waals surface area (Å²) >= 11 is 1.23. The van der Waals surface area contributed by atoms with Crippen molar-refractivity contribution in [3.8, 4) is 0 Å². The second-order valence-electron chi connectivity index (χ2n) is 4.65. The fourth-order valence-electron chi connectivity index (χ4n) is 2.03. The van der Waals surface area contributed by atoms with Crippen molar-refractivity contribution < 1.29 is 13.6 Å². The Kier molecular flexibility index (Phi) is 3.80. The van der Waals surface area contributed by atoms with Crippen LogP contribution in [0.2, 0.25) is 0 Å². The molecule has 0 saturated heterocycles. The Balaban J connectivity index is 2.08. The Morgan fingerprint density at radius 3 is 2.72 bits per heavy atom. The molecule has 1 fully saturated rings. The smallest absolute Gasteiger partial charge is 0.246 e. The quantitative estimate of drug-likeness (QED) is 0.752. The molecule has 1 aliphatic carbocycles. The lowest BCUT2D eigenvalue weighted by Gasteiger charge is -2.38. The summed E-state index contributed by atoms with van der Waals surface area (Å²) in [6.45, 7) is 3.53. The van der Waals surface area contributed by atoms with Crippen molar-refractivity contribution in [1.29, 1.82) is 0 Å². The summed E-state index contributed by atoms with van der Waals surface area (Å²) in [6, 6.07) is 0. The zero-order valence-electron chi connectivity index (χ0n) is 9.99. The van der Waals surface area contributed by atoms with Crippen LogP contribution in [0.15, 0.2) is 23.4 Å². The van der Waals surface area contributed by atoms with Crippen molar-refractivity contribution in [2.24, 2.45) is 0 Å². The van der Waals surface area contributed by atoms with Crippen LogP contribution in [0.4, 0.5) is 8.78 Å². The summed E-state index contributed by atoms with van der Waals surface area (Å²) in [5.74, 6) is -0.701. The Morgan fingerprint density at radius 2 is 2.28 bits per heavy atom. The van der Waals surface area contributed by atoms with Crippen LogP contribution in [0.5, 0.6) is 0 Å². The van der Waals surface area contributed by atoms with Crippen LogP contribution in [-0.2, 0) is 11.3 Å². The first-order valence-corrected chi connectivity index (χ1v) is 6.79. The Hall–Kier alpha value is -1.23. The molecule has 1 aromatic heterocycles. The maximum Gasteiger partial charge on any atom is 0.246 e. The van der Waals surface area contributed by atoms with E-state index >= 15 is 0 Å². The molecule has 0 radical (unpaired) electrons. The van der Waals surface area contributed by atoms with E-state index in [0.29, 0.717) is 18.4 Å². The van der Waals surface area contributed by atoms with E-state index in [2.05, 4.69) is 6.58 Å². The van der Waals surface area contributed by atoms with Crippen LogP contribution in [-0.4, -0.2) is 23.0 Å². The Labute approximate surface area is 109 Å². The van der Waals surface area contributed by atoms with Crippen LogP contribution < -0.4 is 0 Å². The topological polar surface area (TPSA) is 20.3 Å². The number of alkyl halides is 1. The highest BCUT2D eigenvalue weighted by atomic mass is 32.1. The van der Waals surface area contributed by atoms with Gasteiger partial charge in [-0.2, -0.15) is 0 Å². The molecule has 1 amide bonds. The molecule has 98 valence electrons. The summed E-state index contributed by atoms with van der Waals surface area (Å²) in [5, 5.41) is 3.02. The predicted molar refractivity (Wildman–Crippen MR) is 67.6 cm³/mol. The zero-order valence-corrected chi connectivity index (χ0v) is 10.8. The van der Waals surface area contributed by atoms with Crippen LogP contribution in [0.25, 0.3) is 0 Å². The lowest BCUT2D eigenvalue weighted by Crippen LogP contribution is -2.46. The number of hydrogen-bond donors (Lipinski definition) is 0. The molecular formula is C13H15F2NOS. The molecule has 0 aromatic carbocycles. The minimum atomic E-state index is -1.30. The highest BCUT2D eigenvalue weighted by Gasteiger charge is 2.39. The number of thiophene rings is 1. The molecule has 0 N–H and O–H groups in total. The number of amides is 1. The second-order valence-corrected chi connectivity index (χ2v) is 5.39. The molecule has 18 heavy (non-hydrogen) atoms. The summed E-state index contributed by atoms with van der Waals surface area (Å²) in [6.07, 6.45) is 2.94. The van der Waals surface area contributed by atoms with Gasteiger partial charge in [0.05, 0.1) is 6.54 Å². The molecule has 0 aliphatic heterocycles. The molecule has 1 aromatic rings. The Morgan fingerprint density at radius 1 is 1.56 bits per heavy atom. The van der Waals surface area contributed by atoms with Crippen molar-refractivity contribution in [3.63, 3.8) is 0 Å². The van der Waals surface area contributed by atoms with Gasteiger partial charge in [0.15, 0.2) is 0 Å². The molecule has 0 bridgehead atoms. The third-order valence-electron chi connectivity index (χ3n) is 3.26. The fraction of sp³-hybridized carbons (Fsp3) is 0.462. The fourth-order valence-corrected chi connectivity index (χ4v) is 2.72. The lowest BCUT2D eigenvalue weighted by atomic mass is 9.81. The standard InChI is InChI=1S/C13H15F2NOS/c1-2-12(17)16(9-13(15)4-3-5-13)6-10-7-18-8-11(10)14/h2,7-8H,1,3-6,9H2. The van der Waals surface area contributed by atoms with Gasteiger partial charge in [-0.3, -0.25) is 4.79 Å². The van der Waals surface area contributed by atoms with Crippen LogP contribution >= 0.6 is 11.3 Å². The minimum absolute atomic E-state index is 0.0210. The first-order valence-electron chi connectivity index (χ1n) is 5.85. The number of halogens is 2. The zero-order chi connectivity index (χ0) is 13.2. The molecule has 0 unspecified atom stereocenters. The first-order chi connectivity index (χ1) is 8.54. The SMILES string of the molecule is C=CC(=O)N(Cc1cscc1F)CC1(F)CCC1. The molecule has 1 aliphatic rings. The molecule has 1 heterocycles. The lowest BCUT2D eigenvalue weighted by molar-refractivity contribution is -0.130. The van der Waals surface area contributed by atoms with Gasteiger partial charge in [-0.15, -0.1) is 11.3 Å². The van der Waals surface area contributed by atoms with Gasteiger partial charge in [-0.25, -0.2) is 8.78 Å². The van der Waals surface area contributed by atoms with Gasteiger partial charge in [-0.1, -0.05) is 6.58 Å². The second kappa shape index (κ2) is 5.18. The highest BCUT2D eigenvalue weighted by Crippen LogP contribution is 2.36. The van der Waals surface area contributed by atoms with Crippen molar-refractivity contribution in [3.05, 3.63) is 34.8 Å². The first kappa shape index (κ1) is 13.2. The maximum absolute atomic E-state index is 14.1. The number of carbonyl (C=O) groups is 1. The van der Waals surface area contributed by atoms with E-state index in [-0.39, 0.29) is 24.8 Å². The normalized spacial score (nSPS) is 17.0. The summed E-state index contributed by atoms with van der Waals surface area (Å²) in [4.78, 5) is 13.0. The Bertz CT molecular complexity index is 454. The average Bonchev–Trinajstić information content (AvgIpc) is 2.71. The van der Waals surface area contributed by atoms with E-state index in [0.717, 1.165) is 12.5 Å². The molecule has 5 heteroatoms. The third-order valence-corrected chi connectivity index (χ3v) is 4.02. The third kappa shape index (κ3) is 2.77. The van der Waals surface area contributed by atoms with Gasteiger partial charge < -0.3 is 4.90 Å². The molecule has 2 rings (SSSR count). The minimum Gasteiger partial charge on any atom is -0.332 e. The van der Waals surface area contributed by atoms with Crippen molar-refractivity contribution in [1.82, 2.24) is 4.90 Å². The summed E-state index contributed by atoms with van der Waals surface area (Å²) in [7, 11) is 0.